The minimum Gasteiger partial charge on any atom is -0.323 e. The molecule has 1 saturated carbocycles. The monoisotopic (exact) mass is 397 g/mol. The molecule has 1 N–H and O–H groups in total. The Morgan fingerprint density at radius 1 is 1.21 bits per heavy atom. The Labute approximate surface area is 164 Å². The van der Waals surface area contributed by atoms with Crippen molar-refractivity contribution < 1.29 is 8.42 Å². The molecule has 0 spiro atoms. The number of nitriles is 1. The van der Waals surface area contributed by atoms with Gasteiger partial charge in [-0.2, -0.15) is 5.26 Å². The third-order valence-electron chi connectivity index (χ3n) is 5.55. The molecule has 0 unspecified atom stereocenters. The van der Waals surface area contributed by atoms with Gasteiger partial charge in [0.2, 0.25) is 10.0 Å². The van der Waals surface area contributed by atoms with Gasteiger partial charge in [0.1, 0.15) is 11.3 Å². The maximum Gasteiger partial charge on any atom is 0.209 e. The minimum atomic E-state index is -3.32. The number of hydrogen-bond acceptors (Lipinski definition) is 5. The van der Waals surface area contributed by atoms with Crippen LogP contribution in [-0.4, -0.2) is 29.2 Å². The molecule has 28 heavy (non-hydrogen) atoms. The molecule has 7 nitrogen and oxygen atoms in total. The minimum absolute atomic E-state index is 0.153. The first-order valence-corrected chi connectivity index (χ1v) is 11.4. The van der Waals surface area contributed by atoms with Crippen molar-refractivity contribution in [1.82, 2.24) is 19.3 Å². The standard InChI is InChI=1S/C20H23N5O2S/c1-28(26,27)23-13-19-24-18-12-22-17-5-3-2-4-16(17)20(18)25(19)15-8-6-14(7-9-15)10-11-21/h2-5,12,14-15,23H,6-10,13H2,1H3. The number of nitrogens with zero attached hydrogens (tertiary/aromatic N) is 4. The SMILES string of the molecule is CS(=O)(=O)NCc1nc2cnc3ccccc3c2n1C1CCC(CC#N)CC1. The van der Waals surface area contributed by atoms with E-state index >= 15 is 0 Å². The number of aromatic nitrogens is 3. The van der Waals surface area contributed by atoms with Gasteiger partial charge >= 0.3 is 0 Å². The first kappa shape index (κ1) is 18.8. The van der Waals surface area contributed by atoms with Gasteiger partial charge in [-0.1, -0.05) is 18.2 Å². The fourth-order valence-corrected chi connectivity index (χ4v) is 4.61. The Balaban J connectivity index is 1.81. The van der Waals surface area contributed by atoms with Crippen molar-refractivity contribution in [3.63, 3.8) is 0 Å². The number of imidazole rings is 1. The van der Waals surface area contributed by atoms with Gasteiger partial charge in [-0.15, -0.1) is 0 Å². The average molecular weight is 398 g/mol. The fraction of sp³-hybridized carbons (Fsp3) is 0.450. The number of nitrogens with one attached hydrogen (secondary N) is 1. The molecular weight excluding hydrogens is 374 g/mol. The second-order valence-electron chi connectivity index (χ2n) is 7.54. The van der Waals surface area contributed by atoms with Crippen molar-refractivity contribution in [3.05, 3.63) is 36.3 Å². The van der Waals surface area contributed by atoms with E-state index in [4.69, 9.17) is 10.2 Å². The van der Waals surface area contributed by atoms with Crippen molar-refractivity contribution in [2.75, 3.05) is 6.26 Å². The van der Waals surface area contributed by atoms with Crippen molar-refractivity contribution in [2.24, 2.45) is 5.92 Å². The molecular formula is C20H23N5O2S. The van der Waals surface area contributed by atoms with Crippen LogP contribution in [0.4, 0.5) is 0 Å². The summed E-state index contributed by atoms with van der Waals surface area (Å²) in [6.07, 6.45) is 7.44. The van der Waals surface area contributed by atoms with Crippen molar-refractivity contribution in [2.45, 2.75) is 44.7 Å². The lowest BCUT2D eigenvalue weighted by atomic mass is 9.84. The number of sulfonamides is 1. The Morgan fingerprint density at radius 2 is 1.96 bits per heavy atom. The molecule has 4 rings (SSSR count). The summed E-state index contributed by atoms with van der Waals surface area (Å²) in [4.78, 5) is 9.22. The summed E-state index contributed by atoms with van der Waals surface area (Å²) < 4.78 is 28.1. The van der Waals surface area contributed by atoms with Gasteiger partial charge in [-0.25, -0.2) is 18.1 Å². The van der Waals surface area contributed by atoms with Crippen LogP contribution in [0, 0.1) is 17.2 Å². The highest BCUT2D eigenvalue weighted by molar-refractivity contribution is 7.88. The summed E-state index contributed by atoms with van der Waals surface area (Å²) in [5.74, 6) is 1.16. The van der Waals surface area contributed by atoms with Crippen LogP contribution in [0.5, 0.6) is 0 Å². The maximum atomic E-state index is 11.6. The second-order valence-corrected chi connectivity index (χ2v) is 9.37. The molecule has 0 bridgehead atoms. The summed E-state index contributed by atoms with van der Waals surface area (Å²) >= 11 is 0. The van der Waals surface area contributed by atoms with Crippen LogP contribution in [0.2, 0.25) is 0 Å². The summed E-state index contributed by atoms with van der Waals surface area (Å²) in [5, 5.41) is 10.0. The maximum absolute atomic E-state index is 11.6. The Hall–Kier alpha value is -2.50. The van der Waals surface area contributed by atoms with Crippen LogP contribution in [-0.2, 0) is 16.6 Å². The molecule has 1 aromatic carbocycles. The Bertz CT molecular complexity index is 1150. The number of rotatable bonds is 5. The molecule has 0 aliphatic heterocycles. The third kappa shape index (κ3) is 3.73. The molecule has 8 heteroatoms. The van der Waals surface area contributed by atoms with Crippen LogP contribution >= 0.6 is 0 Å². The van der Waals surface area contributed by atoms with Crippen molar-refractivity contribution in [1.29, 1.82) is 5.26 Å². The number of hydrogen-bond donors (Lipinski definition) is 1. The van der Waals surface area contributed by atoms with Crippen LogP contribution in [0.1, 0.15) is 44.0 Å². The predicted molar refractivity (Wildman–Crippen MR) is 108 cm³/mol. The zero-order valence-corrected chi connectivity index (χ0v) is 16.6. The highest BCUT2D eigenvalue weighted by atomic mass is 32.2. The van der Waals surface area contributed by atoms with E-state index in [0.29, 0.717) is 18.2 Å². The highest BCUT2D eigenvalue weighted by Gasteiger charge is 2.26. The first-order valence-electron chi connectivity index (χ1n) is 9.52. The van der Waals surface area contributed by atoms with Crippen LogP contribution in [0.15, 0.2) is 30.5 Å². The number of benzene rings is 1. The van der Waals surface area contributed by atoms with E-state index < -0.39 is 10.0 Å². The second kappa shape index (κ2) is 7.49. The quantitative estimate of drug-likeness (QED) is 0.712. The molecule has 1 fully saturated rings. The molecule has 146 valence electrons. The number of fused-ring (bicyclic) bond motifs is 3. The van der Waals surface area contributed by atoms with E-state index in [2.05, 4.69) is 20.3 Å². The van der Waals surface area contributed by atoms with E-state index in [9.17, 15) is 8.42 Å². The van der Waals surface area contributed by atoms with Gasteiger partial charge in [0.15, 0.2) is 0 Å². The first-order chi connectivity index (χ1) is 13.5. The summed E-state index contributed by atoms with van der Waals surface area (Å²) in [6.45, 7) is 0.153. The lowest BCUT2D eigenvalue weighted by Gasteiger charge is -2.30. The Kier molecular flexibility index (Phi) is 5.04. The topological polar surface area (TPSA) is 101 Å². The smallest absolute Gasteiger partial charge is 0.209 e. The van der Waals surface area contributed by atoms with Gasteiger partial charge in [0.25, 0.3) is 0 Å². The normalized spacial score (nSPS) is 20.4. The van der Waals surface area contributed by atoms with E-state index in [-0.39, 0.29) is 12.6 Å². The molecule has 2 aromatic heterocycles. The average Bonchev–Trinajstić information content (AvgIpc) is 3.06. The van der Waals surface area contributed by atoms with Gasteiger partial charge in [-0.05, 0) is 37.7 Å². The van der Waals surface area contributed by atoms with Crippen molar-refractivity contribution in [3.8, 4) is 6.07 Å². The van der Waals surface area contributed by atoms with Crippen molar-refractivity contribution >= 4 is 32.0 Å². The molecule has 0 saturated heterocycles. The molecule has 0 radical (unpaired) electrons. The van der Waals surface area contributed by atoms with E-state index in [0.717, 1.165) is 53.9 Å². The zero-order valence-electron chi connectivity index (χ0n) is 15.8. The van der Waals surface area contributed by atoms with E-state index in [1.165, 1.54) is 0 Å². The van der Waals surface area contributed by atoms with Gasteiger partial charge in [0, 0.05) is 17.8 Å². The largest absolute Gasteiger partial charge is 0.323 e. The molecule has 1 aliphatic rings. The number of para-hydroxylation sites is 1. The summed E-state index contributed by atoms with van der Waals surface area (Å²) in [6, 6.07) is 10.5. The Morgan fingerprint density at radius 3 is 2.68 bits per heavy atom. The molecule has 1 aliphatic carbocycles. The summed E-state index contributed by atoms with van der Waals surface area (Å²) in [5.41, 5.74) is 2.69. The fourth-order valence-electron chi connectivity index (χ4n) is 4.22. The molecule has 0 amide bonds. The van der Waals surface area contributed by atoms with Gasteiger partial charge in [-0.3, -0.25) is 4.98 Å². The lowest BCUT2D eigenvalue weighted by molar-refractivity contribution is 0.277. The number of pyridine rings is 1. The molecule has 0 atom stereocenters. The molecule has 2 heterocycles. The van der Waals surface area contributed by atoms with Gasteiger partial charge < -0.3 is 4.57 Å². The lowest BCUT2D eigenvalue weighted by Crippen LogP contribution is -2.26. The van der Waals surface area contributed by atoms with Crippen LogP contribution in [0.3, 0.4) is 0 Å². The van der Waals surface area contributed by atoms with E-state index in [1.807, 2.05) is 24.3 Å². The predicted octanol–water partition coefficient (Wildman–Crippen LogP) is 3.28. The van der Waals surface area contributed by atoms with E-state index in [1.54, 1.807) is 6.20 Å². The van der Waals surface area contributed by atoms with Crippen LogP contribution in [0.25, 0.3) is 21.9 Å². The highest BCUT2D eigenvalue weighted by Crippen LogP contribution is 2.37. The van der Waals surface area contributed by atoms with Crippen LogP contribution < -0.4 is 4.72 Å². The third-order valence-corrected chi connectivity index (χ3v) is 6.22. The summed E-state index contributed by atoms with van der Waals surface area (Å²) in [7, 11) is -3.32. The molecule has 3 aromatic rings. The zero-order chi connectivity index (χ0) is 19.7. The van der Waals surface area contributed by atoms with Gasteiger partial charge in [0.05, 0.1) is 36.1 Å².